The van der Waals surface area contributed by atoms with Crippen molar-refractivity contribution in [2.45, 2.75) is 62.8 Å². The fourth-order valence-electron chi connectivity index (χ4n) is 3.15. The summed E-state index contributed by atoms with van der Waals surface area (Å²) in [7, 11) is -3.82. The molecule has 24 heavy (non-hydrogen) atoms. The van der Waals surface area contributed by atoms with Gasteiger partial charge in [-0.3, -0.25) is 4.68 Å². The van der Waals surface area contributed by atoms with Gasteiger partial charge in [0, 0.05) is 24.7 Å². The standard InChI is InChI=1S/C16H29N3O4S/c1-16(2,3)15-14(12-19(17-15)13-6-4-5-7-13)24(22,23)18(8-10-20)9-11-21/h12-13,20-21H,4-11H2,1-3H3. The summed E-state index contributed by atoms with van der Waals surface area (Å²) in [5.41, 5.74) is 0.117. The van der Waals surface area contributed by atoms with Crippen LogP contribution < -0.4 is 0 Å². The Morgan fingerprint density at radius 1 is 1.21 bits per heavy atom. The maximum Gasteiger partial charge on any atom is 0.246 e. The molecular formula is C16H29N3O4S. The quantitative estimate of drug-likeness (QED) is 0.764. The lowest BCUT2D eigenvalue weighted by molar-refractivity contribution is 0.217. The van der Waals surface area contributed by atoms with Crippen molar-refractivity contribution >= 4 is 10.0 Å². The van der Waals surface area contributed by atoms with E-state index in [1.54, 1.807) is 10.9 Å². The molecule has 0 saturated heterocycles. The van der Waals surface area contributed by atoms with E-state index in [1.807, 2.05) is 20.8 Å². The Kier molecular flexibility index (Phi) is 6.06. The van der Waals surface area contributed by atoms with E-state index in [4.69, 9.17) is 0 Å². The lowest BCUT2D eigenvalue weighted by atomic mass is 9.92. The number of sulfonamides is 1. The minimum absolute atomic E-state index is 0.0406. The Labute approximate surface area is 144 Å². The van der Waals surface area contributed by atoms with E-state index in [1.165, 1.54) is 0 Å². The zero-order valence-corrected chi connectivity index (χ0v) is 15.6. The van der Waals surface area contributed by atoms with Crippen LogP contribution in [0.25, 0.3) is 0 Å². The zero-order chi connectivity index (χ0) is 18.0. The first-order valence-corrected chi connectivity index (χ1v) is 9.97. The number of aliphatic hydroxyl groups excluding tert-OH is 2. The molecule has 1 aromatic heterocycles. The first-order valence-electron chi connectivity index (χ1n) is 8.53. The van der Waals surface area contributed by atoms with Gasteiger partial charge in [-0.05, 0) is 12.8 Å². The Morgan fingerprint density at radius 2 is 1.75 bits per heavy atom. The molecule has 2 rings (SSSR count). The van der Waals surface area contributed by atoms with Gasteiger partial charge in [-0.25, -0.2) is 8.42 Å². The van der Waals surface area contributed by atoms with Crippen molar-refractivity contribution in [1.82, 2.24) is 14.1 Å². The Balaban J connectivity index is 2.49. The lowest BCUT2D eigenvalue weighted by Crippen LogP contribution is -2.36. The van der Waals surface area contributed by atoms with Crippen molar-refractivity contribution in [3.05, 3.63) is 11.9 Å². The van der Waals surface area contributed by atoms with Crippen LogP contribution in [0.15, 0.2) is 11.1 Å². The molecule has 0 atom stereocenters. The monoisotopic (exact) mass is 359 g/mol. The zero-order valence-electron chi connectivity index (χ0n) is 14.8. The van der Waals surface area contributed by atoms with Gasteiger partial charge in [-0.1, -0.05) is 33.6 Å². The second-order valence-electron chi connectivity index (χ2n) is 7.36. The number of aliphatic hydroxyl groups is 2. The molecule has 0 bridgehead atoms. The Bertz CT molecular complexity index is 637. The number of rotatable bonds is 7. The predicted molar refractivity (Wildman–Crippen MR) is 91.4 cm³/mol. The molecule has 8 heteroatoms. The SMILES string of the molecule is CC(C)(C)c1nn(C2CCCC2)cc1S(=O)(=O)N(CCO)CCO. The first-order chi connectivity index (χ1) is 11.2. The average Bonchev–Trinajstić information content (AvgIpc) is 3.15. The van der Waals surface area contributed by atoms with Gasteiger partial charge in [0.05, 0.1) is 24.9 Å². The van der Waals surface area contributed by atoms with Crippen LogP contribution in [0.1, 0.15) is 58.2 Å². The van der Waals surface area contributed by atoms with E-state index >= 15 is 0 Å². The molecule has 138 valence electrons. The summed E-state index contributed by atoms with van der Waals surface area (Å²) < 4.78 is 29.0. The smallest absolute Gasteiger partial charge is 0.246 e. The fraction of sp³-hybridized carbons (Fsp3) is 0.812. The van der Waals surface area contributed by atoms with Crippen molar-refractivity contribution in [3.8, 4) is 0 Å². The highest BCUT2D eigenvalue weighted by molar-refractivity contribution is 7.89. The summed E-state index contributed by atoms with van der Waals surface area (Å²) in [6.45, 7) is 5.16. The molecule has 1 aliphatic carbocycles. The molecule has 1 aliphatic rings. The largest absolute Gasteiger partial charge is 0.395 e. The molecule has 2 N–H and O–H groups in total. The van der Waals surface area contributed by atoms with Crippen molar-refractivity contribution in [2.75, 3.05) is 26.3 Å². The van der Waals surface area contributed by atoms with Crippen molar-refractivity contribution in [2.24, 2.45) is 0 Å². The van der Waals surface area contributed by atoms with E-state index in [0.717, 1.165) is 30.0 Å². The molecule has 0 aromatic carbocycles. The summed E-state index contributed by atoms with van der Waals surface area (Å²) in [6.07, 6.45) is 5.94. The van der Waals surface area contributed by atoms with Crippen molar-refractivity contribution in [3.63, 3.8) is 0 Å². The van der Waals surface area contributed by atoms with Gasteiger partial charge in [-0.15, -0.1) is 0 Å². The normalized spacial score (nSPS) is 17.1. The minimum Gasteiger partial charge on any atom is -0.395 e. The molecule has 0 spiro atoms. The number of hydrogen-bond donors (Lipinski definition) is 2. The third kappa shape index (κ3) is 3.99. The van der Waals surface area contributed by atoms with Crippen LogP contribution in [-0.4, -0.2) is 59.0 Å². The van der Waals surface area contributed by atoms with E-state index in [0.29, 0.717) is 5.69 Å². The topological polar surface area (TPSA) is 95.7 Å². The molecule has 0 amide bonds. The van der Waals surface area contributed by atoms with Crippen LogP contribution in [0.2, 0.25) is 0 Å². The van der Waals surface area contributed by atoms with Crippen LogP contribution in [0.3, 0.4) is 0 Å². The van der Waals surface area contributed by atoms with Gasteiger partial charge in [-0.2, -0.15) is 9.40 Å². The van der Waals surface area contributed by atoms with Crippen LogP contribution in [0, 0.1) is 0 Å². The van der Waals surface area contributed by atoms with Gasteiger partial charge in [0.2, 0.25) is 10.0 Å². The van der Waals surface area contributed by atoms with E-state index in [-0.39, 0.29) is 37.2 Å². The van der Waals surface area contributed by atoms with Crippen LogP contribution >= 0.6 is 0 Å². The van der Waals surface area contributed by atoms with Gasteiger partial charge in [0.15, 0.2) is 0 Å². The Hall–Kier alpha value is -0.960. The van der Waals surface area contributed by atoms with Crippen LogP contribution in [0.5, 0.6) is 0 Å². The highest BCUT2D eigenvalue weighted by atomic mass is 32.2. The van der Waals surface area contributed by atoms with Gasteiger partial charge in [0.25, 0.3) is 0 Å². The molecular weight excluding hydrogens is 330 g/mol. The summed E-state index contributed by atoms with van der Waals surface area (Å²) in [5, 5.41) is 23.0. The third-order valence-electron chi connectivity index (χ3n) is 4.42. The van der Waals surface area contributed by atoms with E-state index in [2.05, 4.69) is 5.10 Å². The third-order valence-corrected chi connectivity index (χ3v) is 6.32. The molecule has 1 saturated carbocycles. The second-order valence-corrected chi connectivity index (χ2v) is 9.27. The van der Waals surface area contributed by atoms with Crippen LogP contribution in [0.4, 0.5) is 0 Å². The molecule has 7 nitrogen and oxygen atoms in total. The number of aromatic nitrogens is 2. The van der Waals surface area contributed by atoms with E-state index < -0.39 is 15.4 Å². The Morgan fingerprint density at radius 3 is 2.21 bits per heavy atom. The lowest BCUT2D eigenvalue weighted by Gasteiger charge is -2.23. The maximum atomic E-state index is 13.1. The molecule has 1 heterocycles. The summed E-state index contributed by atoms with van der Waals surface area (Å²) in [5.74, 6) is 0. The number of nitrogens with zero attached hydrogens (tertiary/aromatic N) is 3. The fourth-order valence-corrected chi connectivity index (χ4v) is 4.91. The van der Waals surface area contributed by atoms with Gasteiger partial charge >= 0.3 is 0 Å². The molecule has 1 fully saturated rings. The highest BCUT2D eigenvalue weighted by Gasteiger charge is 2.34. The first kappa shape index (κ1) is 19.4. The van der Waals surface area contributed by atoms with Crippen LogP contribution in [-0.2, 0) is 15.4 Å². The number of hydrogen-bond acceptors (Lipinski definition) is 5. The summed E-state index contributed by atoms with van der Waals surface area (Å²) in [6, 6.07) is 0.249. The van der Waals surface area contributed by atoms with E-state index in [9.17, 15) is 18.6 Å². The maximum absolute atomic E-state index is 13.1. The molecule has 1 aromatic rings. The average molecular weight is 359 g/mol. The second kappa shape index (κ2) is 7.51. The molecule has 0 radical (unpaired) electrons. The molecule has 0 unspecified atom stereocenters. The summed E-state index contributed by atoms with van der Waals surface area (Å²) >= 11 is 0. The van der Waals surface area contributed by atoms with Gasteiger partial charge < -0.3 is 10.2 Å². The van der Waals surface area contributed by atoms with Gasteiger partial charge in [0.1, 0.15) is 4.90 Å². The van der Waals surface area contributed by atoms with Crippen molar-refractivity contribution < 1.29 is 18.6 Å². The summed E-state index contributed by atoms with van der Waals surface area (Å²) in [4.78, 5) is 0.184. The van der Waals surface area contributed by atoms with Crippen molar-refractivity contribution in [1.29, 1.82) is 0 Å². The predicted octanol–water partition coefficient (Wildman–Crippen LogP) is 1.27. The molecule has 0 aliphatic heterocycles. The highest BCUT2D eigenvalue weighted by Crippen LogP contribution is 2.34. The minimum atomic E-state index is -3.82.